The summed E-state index contributed by atoms with van der Waals surface area (Å²) in [6, 6.07) is 2.37. The molecule has 2 saturated heterocycles. The van der Waals surface area contributed by atoms with E-state index in [2.05, 4.69) is 4.98 Å². The number of morpholine rings is 1. The van der Waals surface area contributed by atoms with Gasteiger partial charge in [-0.05, 0) is 31.0 Å². The number of carbonyl (C=O) groups excluding carboxylic acids is 1. The highest BCUT2D eigenvalue weighted by Crippen LogP contribution is 2.36. The number of nitrogens with zero attached hydrogens (tertiary/aromatic N) is 4. The van der Waals surface area contributed by atoms with Crippen LogP contribution in [0.25, 0.3) is 0 Å². The van der Waals surface area contributed by atoms with E-state index in [0.29, 0.717) is 13.2 Å². The van der Waals surface area contributed by atoms with Gasteiger partial charge >= 0.3 is 6.18 Å². The van der Waals surface area contributed by atoms with Crippen LogP contribution in [0.4, 0.5) is 33.7 Å². The Morgan fingerprint density at radius 1 is 1.25 bits per heavy atom. The van der Waals surface area contributed by atoms with Crippen molar-refractivity contribution in [3.05, 3.63) is 46.0 Å². The number of hydrogen-bond acceptors (Lipinski definition) is 7. The number of anilines is 2. The molecule has 5 rings (SSSR count). The number of rotatable bonds is 7. The average molecular weight is 514 g/mol. The molecule has 8 nitrogen and oxygen atoms in total. The number of ether oxygens (including phenoxy) is 2. The summed E-state index contributed by atoms with van der Waals surface area (Å²) >= 11 is 0. The van der Waals surface area contributed by atoms with E-state index in [-0.39, 0.29) is 48.4 Å². The first-order valence-corrected chi connectivity index (χ1v) is 11.5. The zero-order valence-corrected chi connectivity index (χ0v) is 19.0. The number of halogens is 5. The van der Waals surface area contributed by atoms with Crippen LogP contribution < -0.4 is 20.1 Å². The van der Waals surface area contributed by atoms with Gasteiger partial charge in [-0.2, -0.15) is 18.2 Å². The molecule has 2 fully saturated rings. The first kappa shape index (κ1) is 24.5. The van der Waals surface area contributed by atoms with Crippen LogP contribution in [-0.4, -0.2) is 72.7 Å². The van der Waals surface area contributed by atoms with E-state index < -0.39 is 49.0 Å². The van der Waals surface area contributed by atoms with Crippen LogP contribution in [0.2, 0.25) is 0 Å². The predicted octanol–water partition coefficient (Wildman–Crippen LogP) is 2.73. The monoisotopic (exact) mass is 514 g/mol. The van der Waals surface area contributed by atoms with E-state index in [1.165, 1.54) is 12.1 Å². The molecule has 2 aromatic rings. The summed E-state index contributed by atoms with van der Waals surface area (Å²) in [6.07, 6.45) is -4.43. The van der Waals surface area contributed by atoms with Crippen LogP contribution in [0.15, 0.2) is 29.1 Å². The van der Waals surface area contributed by atoms with Crippen LogP contribution in [0.3, 0.4) is 0 Å². The molecule has 13 heteroatoms. The minimum atomic E-state index is -4.70. The van der Waals surface area contributed by atoms with Crippen molar-refractivity contribution in [2.45, 2.75) is 43.8 Å². The molecule has 2 bridgehead atoms. The Morgan fingerprint density at radius 3 is 2.69 bits per heavy atom. The van der Waals surface area contributed by atoms with E-state index in [1.54, 1.807) is 0 Å². The van der Waals surface area contributed by atoms with Gasteiger partial charge < -0.3 is 19.3 Å². The van der Waals surface area contributed by atoms with E-state index in [4.69, 9.17) is 9.47 Å². The molecule has 1 aromatic heterocycles. The number of alkyl halides is 4. The Labute approximate surface area is 202 Å². The van der Waals surface area contributed by atoms with Crippen LogP contribution in [0.5, 0.6) is 5.75 Å². The summed E-state index contributed by atoms with van der Waals surface area (Å²) in [7, 11) is 0. The summed E-state index contributed by atoms with van der Waals surface area (Å²) in [5.74, 6) is -2.04. The molecule has 0 unspecified atom stereocenters. The van der Waals surface area contributed by atoms with Crippen molar-refractivity contribution in [2.24, 2.45) is 0 Å². The second-order valence-electron chi connectivity index (χ2n) is 8.98. The minimum Gasteiger partial charge on any atom is -0.488 e. The van der Waals surface area contributed by atoms with Gasteiger partial charge in [-0.25, -0.2) is 8.78 Å². The van der Waals surface area contributed by atoms with Crippen LogP contribution >= 0.6 is 0 Å². The molecule has 0 N–H and O–H groups in total. The zero-order chi connectivity index (χ0) is 25.6. The first-order valence-electron chi connectivity index (χ1n) is 11.5. The van der Waals surface area contributed by atoms with Gasteiger partial charge in [0.2, 0.25) is 5.95 Å². The normalized spacial score (nSPS) is 23.2. The Bertz CT molecular complexity index is 1220. The van der Waals surface area contributed by atoms with E-state index in [0.717, 1.165) is 28.0 Å². The molecular weight excluding hydrogens is 491 g/mol. The maximum Gasteiger partial charge on any atom is 0.408 e. The topological polar surface area (TPSA) is 76.9 Å². The van der Waals surface area contributed by atoms with Crippen LogP contribution in [-0.2, 0) is 11.3 Å². The molecule has 1 aromatic carbocycles. The zero-order valence-electron chi connectivity index (χ0n) is 19.0. The Balaban J connectivity index is 1.48. The smallest absolute Gasteiger partial charge is 0.408 e. The van der Waals surface area contributed by atoms with E-state index in [1.807, 2.05) is 4.90 Å². The fourth-order valence-electron chi connectivity index (χ4n) is 4.99. The molecule has 36 heavy (non-hydrogen) atoms. The second kappa shape index (κ2) is 9.34. The Morgan fingerprint density at radius 2 is 2.06 bits per heavy atom. The van der Waals surface area contributed by atoms with Crippen molar-refractivity contribution >= 4 is 17.5 Å². The summed E-state index contributed by atoms with van der Waals surface area (Å²) in [5.41, 5.74) is -0.706. The van der Waals surface area contributed by atoms with Gasteiger partial charge in [-0.1, -0.05) is 0 Å². The highest BCUT2D eigenvalue weighted by Gasteiger charge is 2.48. The van der Waals surface area contributed by atoms with E-state index >= 15 is 0 Å². The lowest BCUT2D eigenvalue weighted by Crippen LogP contribution is -2.54. The maximum atomic E-state index is 14.3. The standard InChI is InChI=1S/C23H23F5N4O4/c24-4-6-35-18-2-1-13(7-16(18)25)17(33)11-32-19(23(26,27)28)3-5-30-21(34)9-20(29-22(30)32)31-10-15-8-14(31)12-36-15/h1-2,7,9,14-15,19H,3-6,8,10-12H2/t14-,15-,19-/m0/s1. The lowest BCUT2D eigenvalue weighted by atomic mass is 10.1. The first-order chi connectivity index (χ1) is 17.2. The van der Waals surface area contributed by atoms with Gasteiger partial charge in [0.1, 0.15) is 25.1 Å². The third-order valence-electron chi connectivity index (χ3n) is 6.71. The minimum absolute atomic E-state index is 0.0249. The molecule has 194 valence electrons. The second-order valence-corrected chi connectivity index (χ2v) is 8.98. The number of carbonyl (C=O) groups is 1. The van der Waals surface area contributed by atoms with Gasteiger partial charge in [-0.3, -0.25) is 14.2 Å². The number of benzene rings is 1. The van der Waals surface area contributed by atoms with Gasteiger partial charge in [0.15, 0.2) is 17.3 Å². The molecule has 0 aliphatic carbocycles. The van der Waals surface area contributed by atoms with Crippen molar-refractivity contribution in [2.75, 3.05) is 42.8 Å². The lowest BCUT2D eigenvalue weighted by molar-refractivity contribution is -0.152. The lowest BCUT2D eigenvalue weighted by Gasteiger charge is -2.39. The molecule has 0 radical (unpaired) electrons. The summed E-state index contributed by atoms with van der Waals surface area (Å²) in [4.78, 5) is 32.9. The summed E-state index contributed by atoms with van der Waals surface area (Å²) < 4.78 is 80.2. The molecule has 0 saturated carbocycles. The van der Waals surface area contributed by atoms with Crippen molar-refractivity contribution in [1.82, 2.24) is 9.55 Å². The van der Waals surface area contributed by atoms with Crippen molar-refractivity contribution in [1.29, 1.82) is 0 Å². The summed E-state index contributed by atoms with van der Waals surface area (Å²) in [5, 5.41) is 0. The molecule has 3 aliphatic heterocycles. The van der Waals surface area contributed by atoms with Crippen LogP contribution in [0, 0.1) is 5.82 Å². The van der Waals surface area contributed by atoms with Crippen molar-refractivity contribution < 1.29 is 36.2 Å². The largest absolute Gasteiger partial charge is 0.488 e. The Hall–Kier alpha value is -3.22. The third kappa shape index (κ3) is 4.51. The highest BCUT2D eigenvalue weighted by molar-refractivity contribution is 5.99. The summed E-state index contributed by atoms with van der Waals surface area (Å²) in [6.45, 7) is -1.30. The number of Topliss-reactive ketones (excluding diaryl/α,β-unsaturated/α-hetero) is 1. The molecular formula is C23H23F5N4O4. The molecule has 3 aliphatic rings. The van der Waals surface area contributed by atoms with Gasteiger partial charge in [0, 0.05) is 24.7 Å². The maximum absolute atomic E-state index is 14.3. The van der Waals surface area contributed by atoms with Crippen molar-refractivity contribution in [3.8, 4) is 5.75 Å². The number of fused-ring (bicyclic) bond motifs is 3. The van der Waals surface area contributed by atoms with Crippen molar-refractivity contribution in [3.63, 3.8) is 0 Å². The van der Waals surface area contributed by atoms with Gasteiger partial charge in [0.05, 0.1) is 25.3 Å². The fraction of sp³-hybridized carbons (Fsp3) is 0.522. The van der Waals surface area contributed by atoms with Gasteiger partial charge in [-0.15, -0.1) is 0 Å². The van der Waals surface area contributed by atoms with Gasteiger partial charge in [0.25, 0.3) is 5.56 Å². The number of ketones is 1. The highest BCUT2D eigenvalue weighted by atomic mass is 19.4. The molecule has 0 amide bonds. The van der Waals surface area contributed by atoms with Crippen LogP contribution in [0.1, 0.15) is 23.2 Å². The quantitative estimate of drug-likeness (QED) is 0.416. The molecule has 3 atom stereocenters. The molecule has 0 spiro atoms. The number of hydrogen-bond donors (Lipinski definition) is 0. The SMILES string of the molecule is O=C(CN1c2nc(N3C[C@@H]4C[C@H]3CO4)cc(=O)n2CC[C@H]1C(F)(F)F)c1ccc(OCCF)c(F)c1. The number of aromatic nitrogens is 2. The Kier molecular flexibility index (Phi) is 6.35. The molecule has 4 heterocycles. The third-order valence-corrected chi connectivity index (χ3v) is 6.71. The predicted molar refractivity (Wildman–Crippen MR) is 118 cm³/mol. The fourth-order valence-corrected chi connectivity index (χ4v) is 4.99. The van der Waals surface area contributed by atoms with E-state index in [9.17, 15) is 31.5 Å². The average Bonchev–Trinajstić information content (AvgIpc) is 3.47.